The normalized spacial score (nSPS) is 11.4. The summed E-state index contributed by atoms with van der Waals surface area (Å²) in [7, 11) is 5.70. The van der Waals surface area contributed by atoms with Gasteiger partial charge in [0.2, 0.25) is 11.8 Å². The second-order valence-corrected chi connectivity index (χ2v) is 9.96. The van der Waals surface area contributed by atoms with E-state index >= 15 is 0 Å². The van der Waals surface area contributed by atoms with Crippen molar-refractivity contribution in [1.82, 2.24) is 10.6 Å². The molecule has 0 aromatic carbocycles. The molecule has 0 unspecified atom stereocenters. The van der Waals surface area contributed by atoms with Crippen molar-refractivity contribution in [2.75, 3.05) is 23.0 Å². The minimum atomic E-state index is -1.26. The maximum absolute atomic E-state index is 10.6. The van der Waals surface area contributed by atoms with Crippen molar-refractivity contribution in [2.24, 2.45) is 0 Å². The number of carbonyl (C=O) groups excluding carboxylic acids is 4. The molecule has 13 heteroatoms. The summed E-state index contributed by atoms with van der Waals surface area (Å²) < 4.78 is 0. The average molecular weight is 493 g/mol. The summed E-state index contributed by atoms with van der Waals surface area (Å²) in [5.41, 5.74) is 0. The Morgan fingerprint density at radius 2 is 1.10 bits per heavy atom. The predicted octanol–water partition coefficient (Wildman–Crippen LogP) is -0.764. The fourth-order valence-corrected chi connectivity index (χ4v) is 5.09. The van der Waals surface area contributed by atoms with E-state index in [4.69, 9.17) is 0 Å². The van der Waals surface area contributed by atoms with Crippen LogP contribution >= 0.6 is 43.2 Å². The summed E-state index contributed by atoms with van der Waals surface area (Å²) in [4.78, 5) is 42.3. The molecule has 0 bridgehead atoms. The molecule has 0 fully saturated rings. The van der Waals surface area contributed by atoms with E-state index in [-0.39, 0.29) is 34.9 Å². The first-order valence-electron chi connectivity index (χ1n) is 7.82. The van der Waals surface area contributed by atoms with Crippen molar-refractivity contribution in [3.05, 3.63) is 25.3 Å². The average Bonchev–Trinajstić information content (AvgIpc) is 2.60. The largest absolute Gasteiger partial charge is 2.00 e. The van der Waals surface area contributed by atoms with Crippen molar-refractivity contribution in [2.45, 2.75) is 25.9 Å². The van der Waals surface area contributed by atoms with Crippen molar-refractivity contribution in [3.8, 4) is 0 Å². The van der Waals surface area contributed by atoms with Crippen molar-refractivity contribution >= 4 is 90.0 Å². The summed E-state index contributed by atoms with van der Waals surface area (Å²) in [6, 6.07) is -1.84. The molecule has 29 heavy (non-hydrogen) atoms. The quantitative estimate of drug-likeness (QED) is 0.138. The third kappa shape index (κ3) is 23.7. The minimum Gasteiger partial charge on any atom is -0.548 e. The van der Waals surface area contributed by atoms with Crippen LogP contribution in [0.5, 0.6) is 0 Å². The number of rotatable bonds is 14. The molecule has 0 radical (unpaired) electrons. The van der Waals surface area contributed by atoms with Crippen LogP contribution in [0.2, 0.25) is 0 Å². The van der Waals surface area contributed by atoms with Crippen LogP contribution in [0.1, 0.15) is 13.8 Å². The van der Waals surface area contributed by atoms with E-state index in [9.17, 15) is 29.4 Å². The van der Waals surface area contributed by atoms with Gasteiger partial charge in [-0.1, -0.05) is 55.3 Å². The van der Waals surface area contributed by atoms with E-state index in [1.807, 2.05) is 0 Å². The van der Waals surface area contributed by atoms with Gasteiger partial charge in [0.1, 0.15) is 0 Å². The van der Waals surface area contributed by atoms with Gasteiger partial charge < -0.3 is 30.4 Å². The number of carboxylic acid groups (broad SMARTS) is 2. The van der Waals surface area contributed by atoms with Crippen LogP contribution in [0, 0.1) is 0 Å². The molecule has 0 aliphatic carbocycles. The number of amides is 2. The molecule has 2 atom stereocenters. The zero-order chi connectivity index (χ0) is 21.9. The van der Waals surface area contributed by atoms with Crippen molar-refractivity contribution in [1.29, 1.82) is 0 Å². The Morgan fingerprint density at radius 1 is 0.793 bits per heavy atom. The van der Waals surface area contributed by atoms with Gasteiger partial charge in [-0.15, -0.1) is 13.2 Å². The molecule has 8 nitrogen and oxygen atoms in total. The van der Waals surface area contributed by atoms with Gasteiger partial charge in [0, 0.05) is 36.9 Å². The van der Waals surface area contributed by atoms with Crippen LogP contribution in [0.15, 0.2) is 25.3 Å². The SMILES string of the molecule is C=CCSSC[C@H](NC(C)=O)C(=O)[O-].C=CCSSC[C@H](NC(C)=O)C(=O)[O-].[Mg+2]. The number of carbonyl (C=O) groups is 4. The van der Waals surface area contributed by atoms with E-state index in [1.165, 1.54) is 57.0 Å². The predicted molar refractivity (Wildman–Crippen MR) is 121 cm³/mol. The Bertz CT molecular complexity index is 494. The maximum atomic E-state index is 10.6. The molecular formula is C16H24MgN2O6S4. The zero-order valence-electron chi connectivity index (χ0n) is 16.3. The van der Waals surface area contributed by atoms with E-state index in [0.29, 0.717) is 11.5 Å². The van der Waals surface area contributed by atoms with Gasteiger partial charge in [-0.2, -0.15) is 0 Å². The van der Waals surface area contributed by atoms with Crippen molar-refractivity contribution in [3.63, 3.8) is 0 Å². The molecule has 0 heterocycles. The monoisotopic (exact) mass is 492 g/mol. The van der Waals surface area contributed by atoms with E-state index in [1.54, 1.807) is 12.2 Å². The number of hydrogen-bond acceptors (Lipinski definition) is 10. The zero-order valence-corrected chi connectivity index (χ0v) is 21.0. The number of aliphatic carboxylic acids is 2. The van der Waals surface area contributed by atoms with E-state index in [2.05, 4.69) is 23.8 Å². The molecule has 0 aromatic rings. The van der Waals surface area contributed by atoms with Gasteiger partial charge in [-0.25, -0.2) is 0 Å². The minimum absolute atomic E-state index is 0. The molecule has 2 N–H and O–H groups in total. The molecule has 0 saturated heterocycles. The van der Waals surface area contributed by atoms with Gasteiger partial charge in [0.25, 0.3) is 0 Å². The summed E-state index contributed by atoms with van der Waals surface area (Å²) in [6.45, 7) is 9.61. The summed E-state index contributed by atoms with van der Waals surface area (Å²) >= 11 is 0. The van der Waals surface area contributed by atoms with Gasteiger partial charge in [0.05, 0.1) is 24.0 Å². The van der Waals surface area contributed by atoms with Crippen LogP contribution in [0.25, 0.3) is 0 Å². The molecule has 0 spiro atoms. The smallest absolute Gasteiger partial charge is 0.548 e. The Hall–Kier alpha value is -0.474. The van der Waals surface area contributed by atoms with Crippen LogP contribution < -0.4 is 20.8 Å². The fraction of sp³-hybridized carbons (Fsp3) is 0.500. The van der Waals surface area contributed by atoms with Crippen LogP contribution in [-0.4, -0.2) is 81.9 Å². The molecule has 0 aliphatic heterocycles. The first-order valence-corrected chi connectivity index (χ1v) is 12.8. The van der Waals surface area contributed by atoms with E-state index < -0.39 is 24.0 Å². The molecule has 0 aliphatic rings. The second-order valence-electron chi connectivity index (χ2n) is 4.86. The molecule has 160 valence electrons. The Labute approximate surface area is 203 Å². The first-order chi connectivity index (χ1) is 13.1. The summed E-state index contributed by atoms with van der Waals surface area (Å²) in [5, 5.41) is 25.7. The molecule has 2 amide bonds. The fourth-order valence-electron chi connectivity index (χ4n) is 1.25. The van der Waals surface area contributed by atoms with E-state index in [0.717, 1.165) is 11.5 Å². The van der Waals surface area contributed by atoms with Gasteiger partial charge >= 0.3 is 23.1 Å². The van der Waals surface area contributed by atoms with Gasteiger partial charge in [-0.05, 0) is 0 Å². The number of hydrogen-bond donors (Lipinski definition) is 2. The third-order valence-electron chi connectivity index (χ3n) is 2.33. The Kier molecular flexibility index (Phi) is 25.4. The maximum Gasteiger partial charge on any atom is 2.00 e. The molecule has 0 saturated carbocycles. The topological polar surface area (TPSA) is 138 Å². The van der Waals surface area contributed by atoms with Crippen LogP contribution in [-0.2, 0) is 19.2 Å². The molecular weight excluding hydrogens is 469 g/mol. The summed E-state index contributed by atoms with van der Waals surface area (Å²) in [5.74, 6) is -1.18. The van der Waals surface area contributed by atoms with Gasteiger partial charge in [-0.3, -0.25) is 9.59 Å². The van der Waals surface area contributed by atoms with Crippen LogP contribution in [0.4, 0.5) is 0 Å². The Morgan fingerprint density at radius 3 is 1.31 bits per heavy atom. The molecule has 0 rings (SSSR count). The van der Waals surface area contributed by atoms with Crippen LogP contribution in [0.3, 0.4) is 0 Å². The first kappa shape index (κ1) is 33.2. The third-order valence-corrected chi connectivity index (χ3v) is 6.98. The van der Waals surface area contributed by atoms with Gasteiger partial charge in [0.15, 0.2) is 0 Å². The van der Waals surface area contributed by atoms with Crippen molar-refractivity contribution < 1.29 is 29.4 Å². The number of nitrogens with one attached hydrogen (secondary N) is 2. The second kappa shape index (κ2) is 22.2. The Balaban J connectivity index is -0.000000451. The summed E-state index contributed by atoms with van der Waals surface area (Å²) in [6.07, 6.45) is 3.45. The standard InChI is InChI=1S/2C8H13NO3S2.Mg/c2*1-3-4-13-14-5-7(8(11)12)9-6(2)10;/h2*3,7H,1,4-5H2,2H3,(H,9,10)(H,11,12);/q;;+2/p-2/t2*7-;/m00./s1. The molecule has 0 aromatic heterocycles. The number of carboxylic acids is 2.